The van der Waals surface area contributed by atoms with Crippen molar-refractivity contribution >= 4 is 38.6 Å². The van der Waals surface area contributed by atoms with Gasteiger partial charge in [0.1, 0.15) is 11.3 Å². The molecule has 0 aliphatic heterocycles. The van der Waals surface area contributed by atoms with Gasteiger partial charge in [-0.15, -0.1) is 27.8 Å². The van der Waals surface area contributed by atoms with Crippen LogP contribution in [0.15, 0.2) is 17.6 Å². The topological polar surface area (TPSA) is 58.0 Å². The molecule has 3 rings (SSSR count). The average Bonchev–Trinajstić information content (AvgIpc) is 3.07. The zero-order valence-electron chi connectivity index (χ0n) is 12.1. The molecule has 0 unspecified atom stereocenters. The monoisotopic (exact) mass is 337 g/mol. The fourth-order valence-corrected chi connectivity index (χ4v) is 4.24. The number of anilines is 1. The second-order valence-electron chi connectivity index (χ2n) is 4.96. The third kappa shape index (κ3) is 2.97. The number of aromatic nitrogens is 2. The number of nitrogens with one attached hydrogen (secondary N) is 1. The molecule has 0 fully saturated rings. The Bertz CT molecular complexity index is 784. The Balaban J connectivity index is 1.88. The fraction of sp³-hybridized carbons (Fsp3) is 0.333. The largest absolute Gasteiger partial charge is 0.396 e. The van der Waals surface area contributed by atoms with Gasteiger partial charge in [-0.1, -0.05) is 0 Å². The molecule has 116 valence electrons. The van der Waals surface area contributed by atoms with E-state index in [1.165, 1.54) is 22.3 Å². The number of fused-ring (bicyclic) bond motifs is 1. The fourth-order valence-electron chi connectivity index (χ4n) is 2.29. The molecule has 3 heterocycles. The van der Waals surface area contributed by atoms with Crippen LogP contribution in [0.1, 0.15) is 21.7 Å². The minimum absolute atomic E-state index is 0.179. The normalized spacial score (nSPS) is 11.2. The van der Waals surface area contributed by atoms with Crippen molar-refractivity contribution in [3.8, 4) is 0 Å². The van der Waals surface area contributed by atoms with E-state index in [2.05, 4.69) is 15.5 Å². The van der Waals surface area contributed by atoms with Gasteiger partial charge < -0.3 is 10.4 Å². The van der Waals surface area contributed by atoms with Gasteiger partial charge in [-0.05, 0) is 36.8 Å². The first-order valence-electron chi connectivity index (χ1n) is 7.01. The zero-order valence-corrected chi connectivity index (χ0v) is 13.7. The van der Waals surface area contributed by atoms with Crippen LogP contribution in [-0.2, 0) is 13.0 Å². The quantitative estimate of drug-likeness (QED) is 0.719. The molecule has 0 aromatic carbocycles. The lowest BCUT2D eigenvalue weighted by Crippen LogP contribution is -2.00. The molecule has 7 heteroatoms. The van der Waals surface area contributed by atoms with E-state index in [-0.39, 0.29) is 12.4 Å². The van der Waals surface area contributed by atoms with E-state index >= 15 is 0 Å². The number of aliphatic hydroxyl groups excluding tert-OH is 1. The Hall–Kier alpha value is -1.57. The van der Waals surface area contributed by atoms with Crippen LogP contribution >= 0.6 is 22.7 Å². The molecule has 0 saturated carbocycles. The van der Waals surface area contributed by atoms with Crippen LogP contribution in [0.2, 0.25) is 0 Å². The molecule has 3 aromatic heterocycles. The molecule has 0 saturated heterocycles. The average molecular weight is 337 g/mol. The van der Waals surface area contributed by atoms with E-state index in [0.29, 0.717) is 11.4 Å². The van der Waals surface area contributed by atoms with Crippen molar-refractivity contribution in [1.29, 1.82) is 0 Å². The molecule has 22 heavy (non-hydrogen) atoms. The molecular formula is C15H16FN3OS2. The summed E-state index contributed by atoms with van der Waals surface area (Å²) in [6.45, 7) is 2.65. The number of hydrogen-bond donors (Lipinski definition) is 2. The van der Waals surface area contributed by atoms with Gasteiger partial charge in [0.25, 0.3) is 0 Å². The summed E-state index contributed by atoms with van der Waals surface area (Å²) >= 11 is 3.06. The minimum atomic E-state index is -0.179. The standard InChI is InChI=1S/C15H16FN3OS2/c1-9-12(3-2-5-20)22-15-11(7-18-19-14(9)15)17-8-13-10(16)4-6-21-13/h4,6-7,20H,2-3,5,8H2,1H3,(H,17,19). The maximum atomic E-state index is 13.5. The third-order valence-electron chi connectivity index (χ3n) is 3.50. The molecule has 0 amide bonds. The summed E-state index contributed by atoms with van der Waals surface area (Å²) in [6, 6.07) is 1.48. The first-order valence-corrected chi connectivity index (χ1v) is 8.70. The summed E-state index contributed by atoms with van der Waals surface area (Å²) in [7, 11) is 0. The van der Waals surface area contributed by atoms with Crippen LogP contribution in [0.25, 0.3) is 10.2 Å². The van der Waals surface area contributed by atoms with E-state index in [0.717, 1.165) is 34.3 Å². The first-order chi connectivity index (χ1) is 10.7. The van der Waals surface area contributed by atoms with E-state index < -0.39 is 0 Å². The van der Waals surface area contributed by atoms with Gasteiger partial charge in [0, 0.05) is 11.5 Å². The third-order valence-corrected chi connectivity index (χ3v) is 5.77. The lowest BCUT2D eigenvalue weighted by molar-refractivity contribution is 0.289. The summed E-state index contributed by atoms with van der Waals surface area (Å²) in [5.74, 6) is -0.179. The first kappa shape index (κ1) is 15.3. The molecule has 0 spiro atoms. The Kier molecular flexibility index (Phi) is 4.66. The predicted octanol–water partition coefficient (Wildman–Crippen LogP) is 3.74. The second-order valence-corrected chi connectivity index (χ2v) is 7.06. The Morgan fingerprint density at radius 2 is 2.23 bits per heavy atom. The van der Waals surface area contributed by atoms with E-state index in [1.54, 1.807) is 22.9 Å². The highest BCUT2D eigenvalue weighted by molar-refractivity contribution is 7.19. The van der Waals surface area contributed by atoms with Crippen molar-refractivity contribution in [1.82, 2.24) is 10.2 Å². The molecule has 0 atom stereocenters. The summed E-state index contributed by atoms with van der Waals surface area (Å²) < 4.78 is 14.5. The number of thiophene rings is 2. The number of nitrogens with zero attached hydrogens (tertiary/aromatic N) is 2. The number of rotatable bonds is 6. The molecule has 0 aliphatic carbocycles. The van der Waals surface area contributed by atoms with Crippen molar-refractivity contribution < 1.29 is 9.50 Å². The number of aliphatic hydroxyl groups is 1. The minimum Gasteiger partial charge on any atom is -0.396 e. The van der Waals surface area contributed by atoms with Gasteiger partial charge in [0.2, 0.25) is 0 Å². The maximum absolute atomic E-state index is 13.5. The van der Waals surface area contributed by atoms with Crippen molar-refractivity contribution in [3.05, 3.63) is 38.8 Å². The smallest absolute Gasteiger partial charge is 0.138 e. The molecule has 2 N–H and O–H groups in total. The SMILES string of the molecule is Cc1c(CCCO)sc2c(NCc3sccc3F)cnnc12. The summed E-state index contributed by atoms with van der Waals surface area (Å²) in [5, 5.41) is 22.3. The molecule has 0 aliphatic rings. The highest BCUT2D eigenvalue weighted by atomic mass is 32.1. The van der Waals surface area contributed by atoms with Crippen molar-refractivity contribution in [3.63, 3.8) is 0 Å². The van der Waals surface area contributed by atoms with Gasteiger partial charge in [0.05, 0.1) is 28.0 Å². The number of hydrogen-bond acceptors (Lipinski definition) is 6. The van der Waals surface area contributed by atoms with Crippen LogP contribution in [0.4, 0.5) is 10.1 Å². The van der Waals surface area contributed by atoms with Crippen molar-refractivity contribution in [2.45, 2.75) is 26.3 Å². The Labute approximate surface area is 135 Å². The van der Waals surface area contributed by atoms with Crippen molar-refractivity contribution in [2.24, 2.45) is 0 Å². The Morgan fingerprint density at radius 3 is 2.95 bits per heavy atom. The second kappa shape index (κ2) is 6.68. The highest BCUT2D eigenvalue weighted by Gasteiger charge is 2.14. The lowest BCUT2D eigenvalue weighted by atomic mass is 10.2. The van der Waals surface area contributed by atoms with Gasteiger partial charge >= 0.3 is 0 Å². The van der Waals surface area contributed by atoms with Crippen LogP contribution in [0.5, 0.6) is 0 Å². The zero-order chi connectivity index (χ0) is 15.5. The van der Waals surface area contributed by atoms with Crippen LogP contribution < -0.4 is 5.32 Å². The maximum Gasteiger partial charge on any atom is 0.138 e. The van der Waals surface area contributed by atoms with Gasteiger partial charge in [-0.2, -0.15) is 5.10 Å². The Morgan fingerprint density at radius 1 is 1.36 bits per heavy atom. The summed E-state index contributed by atoms with van der Waals surface area (Å²) in [4.78, 5) is 1.90. The molecular weight excluding hydrogens is 321 g/mol. The van der Waals surface area contributed by atoms with Gasteiger partial charge in [0.15, 0.2) is 0 Å². The lowest BCUT2D eigenvalue weighted by Gasteiger charge is -2.05. The summed E-state index contributed by atoms with van der Waals surface area (Å²) in [6.07, 6.45) is 3.26. The van der Waals surface area contributed by atoms with E-state index in [1.807, 2.05) is 6.92 Å². The van der Waals surface area contributed by atoms with Crippen LogP contribution in [0, 0.1) is 12.7 Å². The summed E-state index contributed by atoms with van der Waals surface area (Å²) in [5.41, 5.74) is 2.88. The van der Waals surface area contributed by atoms with Crippen LogP contribution in [0.3, 0.4) is 0 Å². The molecule has 0 bridgehead atoms. The van der Waals surface area contributed by atoms with Crippen LogP contribution in [-0.4, -0.2) is 21.9 Å². The van der Waals surface area contributed by atoms with E-state index in [9.17, 15) is 4.39 Å². The van der Waals surface area contributed by atoms with E-state index in [4.69, 9.17) is 5.11 Å². The van der Waals surface area contributed by atoms with Crippen molar-refractivity contribution in [2.75, 3.05) is 11.9 Å². The molecule has 4 nitrogen and oxygen atoms in total. The highest BCUT2D eigenvalue weighted by Crippen LogP contribution is 2.34. The predicted molar refractivity (Wildman–Crippen MR) is 89.2 cm³/mol. The molecule has 0 radical (unpaired) electrons. The number of halogens is 1. The van der Waals surface area contributed by atoms with Gasteiger partial charge in [-0.25, -0.2) is 4.39 Å². The van der Waals surface area contributed by atoms with Gasteiger partial charge in [-0.3, -0.25) is 0 Å². The molecule has 3 aromatic rings. The number of aryl methyl sites for hydroxylation is 2.